The van der Waals surface area contributed by atoms with Crippen molar-refractivity contribution in [3.8, 4) is 6.07 Å². The molecule has 0 saturated carbocycles. The second kappa shape index (κ2) is 7.30. The van der Waals surface area contributed by atoms with Crippen LogP contribution in [0.25, 0.3) is 5.57 Å². The lowest BCUT2D eigenvalue weighted by atomic mass is 9.99. The van der Waals surface area contributed by atoms with E-state index in [9.17, 15) is 18.0 Å². The minimum absolute atomic E-state index is 0.0271. The maximum atomic E-state index is 13.4. The van der Waals surface area contributed by atoms with E-state index in [1.807, 2.05) is 6.07 Å². The monoisotopic (exact) mass is 383 g/mol. The number of aryl methyl sites for hydroxylation is 1. The second-order valence-corrected chi connectivity index (χ2v) is 6.09. The van der Waals surface area contributed by atoms with Gasteiger partial charge in [0.25, 0.3) is 0 Å². The maximum absolute atomic E-state index is 13.4. The number of alkyl halides is 3. The van der Waals surface area contributed by atoms with Crippen LogP contribution < -0.4 is 0 Å². The van der Waals surface area contributed by atoms with Gasteiger partial charge in [-0.25, -0.2) is 0 Å². The minimum atomic E-state index is -4.77. The summed E-state index contributed by atoms with van der Waals surface area (Å²) in [7, 11) is 0. The molecule has 0 saturated heterocycles. The highest BCUT2D eigenvalue weighted by atomic mass is 35.5. The molecule has 0 spiro atoms. The first-order valence-corrected chi connectivity index (χ1v) is 7.68. The Labute approximate surface area is 152 Å². The summed E-state index contributed by atoms with van der Waals surface area (Å²) in [6, 6.07) is 9.47. The second-order valence-electron chi connectivity index (χ2n) is 5.22. The summed E-state index contributed by atoms with van der Waals surface area (Å²) in [4.78, 5) is 12.3. The lowest BCUT2D eigenvalue weighted by molar-refractivity contribution is -0.0689. The Morgan fingerprint density at radius 3 is 2.16 bits per heavy atom. The van der Waals surface area contributed by atoms with E-state index in [4.69, 9.17) is 28.5 Å². The Hall–Kier alpha value is -2.29. The summed E-state index contributed by atoms with van der Waals surface area (Å²) in [5.41, 5.74) is -0.557. The molecule has 0 heterocycles. The van der Waals surface area contributed by atoms with E-state index >= 15 is 0 Å². The van der Waals surface area contributed by atoms with Crippen molar-refractivity contribution < 1.29 is 18.0 Å². The van der Waals surface area contributed by atoms with Crippen molar-refractivity contribution in [3.63, 3.8) is 0 Å². The lowest BCUT2D eigenvalue weighted by Crippen LogP contribution is -2.13. The fourth-order valence-electron chi connectivity index (χ4n) is 2.19. The summed E-state index contributed by atoms with van der Waals surface area (Å²) in [6.45, 7) is 1.60. The summed E-state index contributed by atoms with van der Waals surface area (Å²) in [6.07, 6.45) is -4.27. The molecule has 0 aliphatic carbocycles. The summed E-state index contributed by atoms with van der Waals surface area (Å²) in [5.74, 6) is -0.837. The van der Waals surface area contributed by atoms with Crippen LogP contribution in [0.15, 0.2) is 42.5 Å². The Balaban J connectivity index is 2.53. The molecule has 0 radical (unpaired) electrons. The molecule has 2 nitrogen and oxygen atoms in total. The highest BCUT2D eigenvalue weighted by Gasteiger charge is 2.35. The molecule has 25 heavy (non-hydrogen) atoms. The van der Waals surface area contributed by atoms with Gasteiger partial charge in [-0.2, -0.15) is 18.4 Å². The normalized spacial score (nSPS) is 12.0. The van der Waals surface area contributed by atoms with E-state index < -0.39 is 17.5 Å². The number of rotatable bonds is 3. The summed E-state index contributed by atoms with van der Waals surface area (Å²) < 4.78 is 40.2. The fourth-order valence-corrected chi connectivity index (χ4v) is 2.72. The molecule has 0 aliphatic rings. The molecule has 0 bridgehead atoms. The molecule has 2 rings (SSSR count). The van der Waals surface area contributed by atoms with Gasteiger partial charge < -0.3 is 0 Å². The summed E-state index contributed by atoms with van der Waals surface area (Å²) in [5, 5.41) is 8.93. The minimum Gasteiger partial charge on any atom is -0.289 e. The van der Waals surface area contributed by atoms with Gasteiger partial charge in [-0.1, -0.05) is 23.2 Å². The first kappa shape index (κ1) is 19.0. The topological polar surface area (TPSA) is 40.9 Å². The Bertz CT molecular complexity index is 891. The van der Waals surface area contributed by atoms with E-state index in [1.165, 1.54) is 24.3 Å². The molecule has 0 amide bonds. The van der Waals surface area contributed by atoms with Crippen LogP contribution >= 0.6 is 23.2 Å². The summed E-state index contributed by atoms with van der Waals surface area (Å²) >= 11 is 11.5. The molecule has 0 fully saturated rings. The molecule has 2 aromatic rings. The number of allylic oxidation sites excluding steroid dienone is 2. The van der Waals surface area contributed by atoms with E-state index in [0.717, 1.165) is 12.1 Å². The molecular formula is C18H10Cl2F3NO. The first-order valence-electron chi connectivity index (χ1n) is 6.92. The van der Waals surface area contributed by atoms with Gasteiger partial charge in [-0.3, -0.25) is 4.79 Å². The third-order valence-electron chi connectivity index (χ3n) is 3.39. The van der Waals surface area contributed by atoms with Gasteiger partial charge in [0, 0.05) is 15.6 Å². The number of halogens is 5. The smallest absolute Gasteiger partial charge is 0.289 e. The Morgan fingerprint density at radius 2 is 1.68 bits per heavy atom. The number of ketones is 1. The van der Waals surface area contributed by atoms with Crippen molar-refractivity contribution in [1.82, 2.24) is 0 Å². The van der Waals surface area contributed by atoms with Crippen molar-refractivity contribution in [3.05, 3.63) is 74.8 Å². The van der Waals surface area contributed by atoms with E-state index in [2.05, 4.69) is 0 Å². The zero-order valence-electron chi connectivity index (χ0n) is 12.8. The third kappa shape index (κ3) is 4.62. The van der Waals surface area contributed by atoms with Crippen molar-refractivity contribution in [2.45, 2.75) is 13.1 Å². The molecular weight excluding hydrogens is 374 g/mol. The molecule has 0 unspecified atom stereocenters. The van der Waals surface area contributed by atoms with Gasteiger partial charge >= 0.3 is 6.18 Å². The van der Waals surface area contributed by atoms with Crippen LogP contribution in [-0.4, -0.2) is 12.0 Å². The number of hydrogen-bond acceptors (Lipinski definition) is 2. The largest absolute Gasteiger partial charge is 0.417 e. The van der Waals surface area contributed by atoms with Crippen LogP contribution in [0.4, 0.5) is 13.2 Å². The van der Waals surface area contributed by atoms with Gasteiger partial charge in [-0.15, -0.1) is 0 Å². The highest BCUT2D eigenvalue weighted by Crippen LogP contribution is 2.36. The van der Waals surface area contributed by atoms with Gasteiger partial charge in [0.1, 0.15) is 0 Å². The maximum Gasteiger partial charge on any atom is 0.417 e. The van der Waals surface area contributed by atoms with Crippen LogP contribution in [0.3, 0.4) is 0 Å². The Morgan fingerprint density at radius 1 is 1.08 bits per heavy atom. The van der Waals surface area contributed by atoms with Gasteiger partial charge in [0.05, 0.1) is 17.2 Å². The van der Waals surface area contributed by atoms with Crippen molar-refractivity contribution in [2.24, 2.45) is 0 Å². The molecule has 0 N–H and O–H groups in total. The van der Waals surface area contributed by atoms with E-state index in [-0.39, 0.29) is 21.2 Å². The van der Waals surface area contributed by atoms with Crippen LogP contribution in [0.2, 0.25) is 10.0 Å². The van der Waals surface area contributed by atoms with E-state index in [1.54, 1.807) is 6.92 Å². The van der Waals surface area contributed by atoms with Crippen LogP contribution in [-0.2, 0) is 0 Å². The number of carbonyl (C=O) groups is 1. The zero-order chi connectivity index (χ0) is 18.8. The number of nitrogens with zero attached hydrogens (tertiary/aromatic N) is 1. The van der Waals surface area contributed by atoms with Gasteiger partial charge in [0.15, 0.2) is 5.78 Å². The van der Waals surface area contributed by atoms with Crippen molar-refractivity contribution >= 4 is 34.6 Å². The number of carbonyl (C=O) groups excluding carboxylic acids is 1. The van der Waals surface area contributed by atoms with Crippen molar-refractivity contribution in [2.75, 3.05) is 0 Å². The zero-order valence-corrected chi connectivity index (χ0v) is 14.3. The van der Waals surface area contributed by atoms with Gasteiger partial charge in [-0.05, 0) is 60.5 Å². The van der Waals surface area contributed by atoms with E-state index in [0.29, 0.717) is 17.2 Å². The van der Waals surface area contributed by atoms with Crippen LogP contribution in [0.5, 0.6) is 0 Å². The molecule has 0 aliphatic heterocycles. The number of nitriles is 1. The molecule has 0 atom stereocenters. The number of hydrogen-bond donors (Lipinski definition) is 0. The highest BCUT2D eigenvalue weighted by molar-refractivity contribution is 6.35. The molecule has 2 aromatic carbocycles. The van der Waals surface area contributed by atoms with Crippen LogP contribution in [0.1, 0.15) is 27.0 Å². The SMILES string of the molecule is Cc1cc(C(=O)/C=C(/c2cc(Cl)cc(Cl)c2)C(F)(F)F)ccc1C#N. The standard InChI is InChI=1S/C18H10Cl2F3NO/c1-10-4-11(2-3-12(10)9-24)17(25)8-16(18(21,22)23)13-5-14(19)7-15(20)6-13/h2-8H,1H3/b16-8-. The predicted molar refractivity (Wildman–Crippen MR) is 90.7 cm³/mol. The Kier molecular flexibility index (Phi) is 5.56. The first-order chi connectivity index (χ1) is 11.6. The third-order valence-corrected chi connectivity index (χ3v) is 3.82. The van der Waals surface area contributed by atoms with Crippen LogP contribution in [0, 0.1) is 18.3 Å². The molecule has 128 valence electrons. The fraction of sp³-hybridized carbons (Fsp3) is 0.111. The predicted octanol–water partition coefficient (Wildman–Crippen LogP) is 6.00. The number of benzene rings is 2. The van der Waals surface area contributed by atoms with Crippen molar-refractivity contribution in [1.29, 1.82) is 5.26 Å². The average molecular weight is 384 g/mol. The van der Waals surface area contributed by atoms with Gasteiger partial charge in [0.2, 0.25) is 0 Å². The molecule has 0 aromatic heterocycles. The quantitative estimate of drug-likeness (QED) is 0.481. The molecule has 7 heteroatoms. The lowest BCUT2D eigenvalue weighted by Gasteiger charge is -2.13. The average Bonchev–Trinajstić information content (AvgIpc) is 2.50.